The van der Waals surface area contributed by atoms with Crippen LogP contribution in [-0.4, -0.2) is 70.2 Å². The highest BCUT2D eigenvalue weighted by Gasteiger charge is 2.64. The smallest absolute Gasteiger partial charge is 0.327 e. The number of hydrogen-bond donors (Lipinski definition) is 2. The first-order chi connectivity index (χ1) is 10.3. The number of amides is 2. The molecule has 0 unspecified atom stereocenters. The lowest BCUT2D eigenvalue weighted by molar-refractivity contribution is -0.161. The molecule has 2 aliphatic heterocycles. The standard InChI is InChI=1S/C11H14N6O4S/c1-11(2)7(10(20)21)17-8(19)6(9(17)22-11)13-5(18)3-16-4-12-14-15-16/h4,6-7,9H,3H2,1-2H3,(H,13,18)(H,20,21)/t6-,7+,9-/m1/s1. The number of carbonyl (C=O) groups excluding carboxylic acids is 2. The van der Waals surface area contributed by atoms with Gasteiger partial charge in [-0.2, -0.15) is 0 Å². The zero-order valence-corrected chi connectivity index (χ0v) is 12.6. The Morgan fingerprint density at radius 2 is 2.23 bits per heavy atom. The second kappa shape index (κ2) is 4.93. The zero-order chi connectivity index (χ0) is 16.1. The molecule has 0 saturated carbocycles. The number of fused-ring (bicyclic) bond motifs is 1. The highest BCUT2D eigenvalue weighted by atomic mass is 32.2. The molecule has 0 aromatic carbocycles. The predicted octanol–water partition coefficient (Wildman–Crippen LogP) is -1.70. The molecule has 2 amide bonds. The van der Waals surface area contributed by atoms with E-state index >= 15 is 0 Å². The van der Waals surface area contributed by atoms with Crippen LogP contribution in [0.4, 0.5) is 0 Å². The molecule has 2 N–H and O–H groups in total. The minimum atomic E-state index is -1.04. The Labute approximate surface area is 129 Å². The van der Waals surface area contributed by atoms with Gasteiger partial charge in [0.25, 0.3) is 0 Å². The number of β-lactam (4-membered cyclic amide) rings is 1. The summed E-state index contributed by atoms with van der Waals surface area (Å²) in [6.07, 6.45) is 1.29. The Bertz CT molecular complexity index is 633. The number of tetrazole rings is 1. The Hall–Kier alpha value is -2.17. The molecule has 0 bridgehead atoms. The van der Waals surface area contributed by atoms with Crippen LogP contribution in [0.1, 0.15) is 13.8 Å². The van der Waals surface area contributed by atoms with Crippen LogP contribution in [0.5, 0.6) is 0 Å². The Balaban J connectivity index is 1.67. The molecule has 2 saturated heterocycles. The van der Waals surface area contributed by atoms with E-state index in [9.17, 15) is 19.5 Å². The topological polar surface area (TPSA) is 130 Å². The van der Waals surface area contributed by atoms with Crippen LogP contribution in [-0.2, 0) is 20.9 Å². The summed E-state index contributed by atoms with van der Waals surface area (Å²) in [6.45, 7) is 3.46. The van der Waals surface area contributed by atoms with Gasteiger partial charge >= 0.3 is 5.97 Å². The number of aromatic nitrogens is 4. The maximum atomic E-state index is 12.2. The third-order valence-electron chi connectivity index (χ3n) is 3.69. The molecule has 0 aliphatic carbocycles. The summed E-state index contributed by atoms with van der Waals surface area (Å²) >= 11 is 1.38. The number of hydrogen-bond acceptors (Lipinski definition) is 7. The van der Waals surface area contributed by atoms with Crippen LogP contribution in [0.2, 0.25) is 0 Å². The summed E-state index contributed by atoms with van der Waals surface area (Å²) in [5.41, 5.74) is 0. The van der Waals surface area contributed by atoms with Crippen molar-refractivity contribution < 1.29 is 19.5 Å². The van der Waals surface area contributed by atoms with Gasteiger partial charge in [-0.05, 0) is 24.3 Å². The van der Waals surface area contributed by atoms with Crippen molar-refractivity contribution in [1.29, 1.82) is 0 Å². The fourth-order valence-corrected chi connectivity index (χ4v) is 4.39. The van der Waals surface area contributed by atoms with Crippen LogP contribution in [0, 0.1) is 0 Å². The first-order valence-corrected chi connectivity index (χ1v) is 7.42. The summed E-state index contributed by atoms with van der Waals surface area (Å²) < 4.78 is 0.628. The Kier molecular flexibility index (Phi) is 3.31. The SMILES string of the molecule is CC1(C)S[C@@H]2[C@H](NC(=O)Cn3cnnn3)C(=O)N2[C@H]1C(=O)O. The number of nitrogens with zero attached hydrogens (tertiary/aromatic N) is 5. The second-order valence-electron chi connectivity index (χ2n) is 5.65. The van der Waals surface area contributed by atoms with Crippen LogP contribution < -0.4 is 5.32 Å². The molecule has 3 atom stereocenters. The van der Waals surface area contributed by atoms with E-state index in [0.717, 1.165) is 0 Å². The number of carbonyl (C=O) groups is 3. The number of rotatable bonds is 4. The summed E-state index contributed by atoms with van der Waals surface area (Å²) in [5.74, 6) is -1.81. The average molecular weight is 326 g/mol. The van der Waals surface area contributed by atoms with Gasteiger partial charge in [-0.1, -0.05) is 0 Å². The van der Waals surface area contributed by atoms with E-state index in [1.165, 1.54) is 27.7 Å². The number of thioether (sulfide) groups is 1. The summed E-state index contributed by atoms with van der Waals surface area (Å²) in [7, 11) is 0. The molecule has 0 radical (unpaired) electrons. The molecule has 1 aromatic heterocycles. The van der Waals surface area contributed by atoms with Gasteiger partial charge in [-0.3, -0.25) is 9.59 Å². The lowest BCUT2D eigenvalue weighted by Gasteiger charge is -2.43. The fraction of sp³-hybridized carbons (Fsp3) is 0.636. The molecule has 0 spiro atoms. The van der Waals surface area contributed by atoms with Crippen LogP contribution in [0.15, 0.2) is 6.33 Å². The Morgan fingerprint density at radius 1 is 1.50 bits per heavy atom. The number of nitrogens with one attached hydrogen (secondary N) is 1. The third kappa shape index (κ3) is 2.21. The van der Waals surface area contributed by atoms with E-state index in [4.69, 9.17) is 0 Å². The molecule has 3 rings (SSSR count). The maximum absolute atomic E-state index is 12.2. The van der Waals surface area contributed by atoms with Gasteiger partial charge in [0.15, 0.2) is 0 Å². The van der Waals surface area contributed by atoms with Crippen molar-refractivity contribution in [3.05, 3.63) is 6.33 Å². The molecule has 2 aliphatic rings. The summed E-state index contributed by atoms with van der Waals surface area (Å²) in [5, 5.41) is 22.0. The van der Waals surface area contributed by atoms with Gasteiger partial charge < -0.3 is 15.3 Å². The molecule has 22 heavy (non-hydrogen) atoms. The van der Waals surface area contributed by atoms with Crippen molar-refractivity contribution in [1.82, 2.24) is 30.4 Å². The van der Waals surface area contributed by atoms with Gasteiger partial charge in [-0.15, -0.1) is 16.9 Å². The third-order valence-corrected chi connectivity index (χ3v) is 5.26. The first-order valence-electron chi connectivity index (χ1n) is 6.54. The van der Waals surface area contributed by atoms with Crippen molar-refractivity contribution in [2.75, 3.05) is 0 Å². The normalized spacial score (nSPS) is 28.9. The lowest BCUT2D eigenvalue weighted by atomic mass is 9.96. The van der Waals surface area contributed by atoms with Crippen molar-refractivity contribution in [3.8, 4) is 0 Å². The van der Waals surface area contributed by atoms with Crippen molar-refractivity contribution in [3.63, 3.8) is 0 Å². The van der Waals surface area contributed by atoms with E-state index < -0.39 is 28.7 Å². The average Bonchev–Trinajstić information content (AvgIpc) is 3.00. The van der Waals surface area contributed by atoms with E-state index in [1.54, 1.807) is 13.8 Å². The van der Waals surface area contributed by atoms with Gasteiger partial charge in [0.1, 0.15) is 30.3 Å². The number of carboxylic acid groups (broad SMARTS) is 1. The predicted molar refractivity (Wildman–Crippen MR) is 73.5 cm³/mol. The van der Waals surface area contributed by atoms with Gasteiger partial charge in [0, 0.05) is 4.75 Å². The van der Waals surface area contributed by atoms with E-state index in [2.05, 4.69) is 20.8 Å². The van der Waals surface area contributed by atoms with Gasteiger partial charge in [-0.25, -0.2) is 9.48 Å². The van der Waals surface area contributed by atoms with Gasteiger partial charge in [0.2, 0.25) is 11.8 Å². The van der Waals surface area contributed by atoms with Crippen LogP contribution >= 0.6 is 11.8 Å². The number of carboxylic acids is 1. The molecule has 118 valence electrons. The monoisotopic (exact) mass is 326 g/mol. The Morgan fingerprint density at radius 3 is 2.82 bits per heavy atom. The van der Waals surface area contributed by atoms with E-state index in [0.29, 0.717) is 0 Å². The molecule has 1 aromatic rings. The number of aliphatic carboxylic acids is 1. The summed E-state index contributed by atoms with van der Waals surface area (Å²) in [4.78, 5) is 36.8. The molecule has 11 heteroatoms. The molecular formula is C11H14N6O4S. The van der Waals surface area contributed by atoms with Crippen molar-refractivity contribution in [2.24, 2.45) is 0 Å². The molecular weight excluding hydrogens is 312 g/mol. The minimum absolute atomic E-state index is 0.0973. The fourth-order valence-electron chi connectivity index (χ4n) is 2.76. The zero-order valence-electron chi connectivity index (χ0n) is 11.8. The molecule has 2 fully saturated rings. The lowest BCUT2D eigenvalue weighted by Crippen LogP contribution is -2.70. The van der Waals surface area contributed by atoms with Crippen LogP contribution in [0.25, 0.3) is 0 Å². The van der Waals surface area contributed by atoms with Crippen molar-refractivity contribution in [2.45, 2.75) is 42.6 Å². The van der Waals surface area contributed by atoms with Gasteiger partial charge in [0.05, 0.1) is 0 Å². The second-order valence-corrected chi connectivity index (χ2v) is 7.42. The molecule has 10 nitrogen and oxygen atoms in total. The van der Waals surface area contributed by atoms with E-state index in [1.807, 2.05) is 0 Å². The highest BCUT2D eigenvalue weighted by molar-refractivity contribution is 8.01. The minimum Gasteiger partial charge on any atom is -0.480 e. The quantitative estimate of drug-likeness (QED) is 0.626. The maximum Gasteiger partial charge on any atom is 0.327 e. The largest absolute Gasteiger partial charge is 0.480 e. The highest BCUT2D eigenvalue weighted by Crippen LogP contribution is 2.50. The van der Waals surface area contributed by atoms with Crippen molar-refractivity contribution >= 4 is 29.5 Å². The van der Waals surface area contributed by atoms with E-state index in [-0.39, 0.29) is 17.8 Å². The molecule has 3 heterocycles. The summed E-state index contributed by atoms with van der Waals surface area (Å²) in [6, 6.07) is -1.60. The first kappa shape index (κ1) is 14.8. The van der Waals surface area contributed by atoms with Crippen LogP contribution in [0.3, 0.4) is 0 Å².